The number of amides is 3. The minimum Gasteiger partial charge on any atom is -0.351 e. The fourth-order valence-electron chi connectivity index (χ4n) is 2.86. The molecule has 156 valence electrons. The molecule has 0 fully saturated rings. The van der Waals surface area contributed by atoms with E-state index in [0.717, 1.165) is 16.8 Å². The molecule has 30 heavy (non-hydrogen) atoms. The van der Waals surface area contributed by atoms with Gasteiger partial charge in [-0.15, -0.1) is 10.2 Å². The fraction of sp³-hybridized carbons (Fsp3) is 0.238. The maximum atomic E-state index is 12.5. The second-order valence-corrected chi connectivity index (χ2v) is 8.67. The van der Waals surface area contributed by atoms with Gasteiger partial charge in [0.1, 0.15) is 0 Å². The van der Waals surface area contributed by atoms with Gasteiger partial charge in [-0.1, -0.05) is 67.0 Å². The number of aryl methyl sites for hydroxylation is 1. The molecule has 3 aromatic rings. The maximum absolute atomic E-state index is 12.5. The number of carbonyl (C=O) groups excluding carboxylic acids is 2. The average Bonchev–Trinajstić information content (AvgIpc) is 3.10. The molecule has 3 rings (SSSR count). The molecule has 0 saturated heterocycles. The van der Waals surface area contributed by atoms with Crippen molar-refractivity contribution in [3.05, 3.63) is 59.1 Å². The molecule has 0 aliphatic carbocycles. The molecule has 0 radical (unpaired) electrons. The van der Waals surface area contributed by atoms with E-state index < -0.39 is 17.2 Å². The summed E-state index contributed by atoms with van der Waals surface area (Å²) in [5.74, 6) is 0.0928. The Hall–Kier alpha value is -2.84. The van der Waals surface area contributed by atoms with Gasteiger partial charge in [0.2, 0.25) is 5.91 Å². The van der Waals surface area contributed by atoms with Crippen molar-refractivity contribution in [1.82, 2.24) is 20.1 Å². The number of halogens is 1. The predicted molar refractivity (Wildman–Crippen MR) is 119 cm³/mol. The van der Waals surface area contributed by atoms with E-state index >= 15 is 0 Å². The number of imide groups is 1. The van der Waals surface area contributed by atoms with Gasteiger partial charge in [-0.2, -0.15) is 0 Å². The lowest BCUT2D eigenvalue weighted by Crippen LogP contribution is -2.42. The molecule has 1 unspecified atom stereocenters. The van der Waals surface area contributed by atoms with Crippen LogP contribution >= 0.6 is 23.4 Å². The molecule has 0 bridgehead atoms. The van der Waals surface area contributed by atoms with Gasteiger partial charge >= 0.3 is 6.03 Å². The molecular weight excluding hydrogens is 422 g/mol. The lowest BCUT2D eigenvalue weighted by atomic mass is 10.1. The molecule has 0 spiro atoms. The van der Waals surface area contributed by atoms with Gasteiger partial charge in [0.05, 0.1) is 5.25 Å². The number of hydrogen-bond donors (Lipinski definition) is 2. The number of hydrogen-bond acceptors (Lipinski definition) is 5. The molecule has 7 nitrogen and oxygen atoms in total. The van der Waals surface area contributed by atoms with Gasteiger partial charge in [-0.05, 0) is 37.1 Å². The highest BCUT2D eigenvalue weighted by atomic mass is 35.5. The van der Waals surface area contributed by atoms with Gasteiger partial charge in [-0.3, -0.25) is 14.7 Å². The van der Waals surface area contributed by atoms with Crippen molar-refractivity contribution < 1.29 is 9.59 Å². The summed E-state index contributed by atoms with van der Waals surface area (Å²) in [5, 5.41) is 11.4. The number of nitrogens with zero attached hydrogens (tertiary/aromatic N) is 3. The molecular formula is C21H22ClN5O2S. The van der Waals surface area contributed by atoms with E-state index in [-0.39, 0.29) is 5.92 Å². The third-order valence-electron chi connectivity index (χ3n) is 4.37. The Balaban J connectivity index is 2.07. The highest BCUT2D eigenvalue weighted by Gasteiger charge is 2.28. The van der Waals surface area contributed by atoms with Crippen LogP contribution < -0.4 is 11.1 Å². The first-order valence-corrected chi connectivity index (χ1v) is 10.6. The van der Waals surface area contributed by atoms with Crippen LogP contribution in [-0.4, -0.2) is 32.0 Å². The Morgan fingerprint density at radius 3 is 2.27 bits per heavy atom. The van der Waals surface area contributed by atoms with Crippen LogP contribution in [0.2, 0.25) is 5.02 Å². The Kier molecular flexibility index (Phi) is 6.79. The largest absolute Gasteiger partial charge is 0.351 e. The zero-order valence-electron chi connectivity index (χ0n) is 16.8. The van der Waals surface area contributed by atoms with Crippen LogP contribution in [0.3, 0.4) is 0 Å². The van der Waals surface area contributed by atoms with E-state index in [2.05, 4.69) is 15.5 Å². The first-order valence-electron chi connectivity index (χ1n) is 9.31. The normalized spacial score (nSPS) is 12.0. The second-order valence-electron chi connectivity index (χ2n) is 7.12. The number of primary amides is 1. The fourth-order valence-corrected chi connectivity index (χ4v) is 4.03. The lowest BCUT2D eigenvalue weighted by molar-refractivity contribution is -0.120. The number of carbonyl (C=O) groups is 2. The Bertz CT molecular complexity index is 1050. The quantitative estimate of drug-likeness (QED) is 0.555. The van der Waals surface area contributed by atoms with E-state index in [1.165, 1.54) is 11.8 Å². The van der Waals surface area contributed by atoms with Crippen LogP contribution in [0.1, 0.15) is 19.4 Å². The second kappa shape index (κ2) is 9.32. The standard InChI is InChI=1S/C21H22ClN5O2S/c1-12(2)17(19(28)24-20(23)29)30-21-26-25-18(14-6-4-13(3)5-7-14)27(21)16-10-8-15(22)9-11-16/h4-12,17H,1-3H3,(H3,23,24,28,29). The third-order valence-corrected chi connectivity index (χ3v) is 6.11. The Labute approximate surface area is 184 Å². The Morgan fingerprint density at radius 2 is 1.70 bits per heavy atom. The summed E-state index contributed by atoms with van der Waals surface area (Å²) < 4.78 is 1.87. The van der Waals surface area contributed by atoms with E-state index in [1.807, 2.05) is 61.7 Å². The molecule has 1 atom stereocenters. The van der Waals surface area contributed by atoms with Gasteiger partial charge in [0.25, 0.3) is 0 Å². The van der Waals surface area contributed by atoms with Gasteiger partial charge < -0.3 is 5.73 Å². The summed E-state index contributed by atoms with van der Waals surface area (Å²) >= 11 is 7.29. The Morgan fingerprint density at radius 1 is 1.07 bits per heavy atom. The highest BCUT2D eigenvalue weighted by molar-refractivity contribution is 8.00. The molecule has 0 saturated carbocycles. The molecule has 3 N–H and O–H groups in total. The topological polar surface area (TPSA) is 103 Å². The van der Waals surface area contributed by atoms with Gasteiger partial charge in [0.15, 0.2) is 11.0 Å². The zero-order chi connectivity index (χ0) is 21.8. The third kappa shape index (κ3) is 5.01. The summed E-state index contributed by atoms with van der Waals surface area (Å²) in [5.41, 5.74) is 7.95. The van der Waals surface area contributed by atoms with Crippen molar-refractivity contribution in [2.75, 3.05) is 0 Å². The summed E-state index contributed by atoms with van der Waals surface area (Å²) in [4.78, 5) is 23.7. The minimum atomic E-state index is -0.884. The van der Waals surface area contributed by atoms with Crippen molar-refractivity contribution in [1.29, 1.82) is 0 Å². The summed E-state index contributed by atoms with van der Waals surface area (Å²) in [6.45, 7) is 5.80. The number of nitrogens with two attached hydrogens (primary N) is 1. The van der Waals surface area contributed by atoms with Crippen LogP contribution in [0.4, 0.5) is 4.79 Å². The number of aromatic nitrogens is 3. The van der Waals surface area contributed by atoms with Crippen LogP contribution in [0, 0.1) is 12.8 Å². The smallest absolute Gasteiger partial charge is 0.318 e. The SMILES string of the molecule is Cc1ccc(-c2nnc(SC(C(=O)NC(N)=O)C(C)C)n2-c2ccc(Cl)cc2)cc1. The first kappa shape index (κ1) is 21.9. The van der Waals surface area contributed by atoms with Crippen molar-refractivity contribution in [3.8, 4) is 17.1 Å². The number of nitrogens with one attached hydrogen (secondary N) is 1. The van der Waals surface area contributed by atoms with E-state index in [0.29, 0.717) is 16.0 Å². The van der Waals surface area contributed by atoms with Gasteiger partial charge in [-0.25, -0.2) is 4.79 Å². The van der Waals surface area contributed by atoms with E-state index in [4.69, 9.17) is 17.3 Å². The zero-order valence-corrected chi connectivity index (χ0v) is 18.4. The lowest BCUT2D eigenvalue weighted by Gasteiger charge is -2.19. The van der Waals surface area contributed by atoms with E-state index in [1.54, 1.807) is 12.1 Å². The number of thioether (sulfide) groups is 1. The summed E-state index contributed by atoms with van der Waals surface area (Å²) in [6, 6.07) is 14.3. The van der Waals surface area contributed by atoms with E-state index in [9.17, 15) is 9.59 Å². The molecule has 1 aromatic heterocycles. The predicted octanol–water partition coefficient (Wildman–Crippen LogP) is 4.21. The summed E-state index contributed by atoms with van der Waals surface area (Å²) in [7, 11) is 0. The average molecular weight is 444 g/mol. The number of benzene rings is 2. The monoisotopic (exact) mass is 443 g/mol. The van der Waals surface area contributed by atoms with Crippen LogP contribution in [0.15, 0.2) is 53.7 Å². The molecule has 0 aliphatic heterocycles. The minimum absolute atomic E-state index is 0.0763. The summed E-state index contributed by atoms with van der Waals surface area (Å²) in [6.07, 6.45) is 0. The van der Waals surface area contributed by atoms with Crippen LogP contribution in [-0.2, 0) is 4.79 Å². The first-order chi connectivity index (χ1) is 14.3. The van der Waals surface area contributed by atoms with Crippen LogP contribution in [0.5, 0.6) is 0 Å². The highest BCUT2D eigenvalue weighted by Crippen LogP contribution is 2.33. The van der Waals surface area contributed by atoms with Crippen molar-refractivity contribution in [2.45, 2.75) is 31.2 Å². The maximum Gasteiger partial charge on any atom is 0.318 e. The van der Waals surface area contributed by atoms with Gasteiger partial charge in [0, 0.05) is 16.3 Å². The number of rotatable bonds is 6. The molecule has 9 heteroatoms. The number of urea groups is 1. The molecule has 1 heterocycles. The molecule has 0 aliphatic rings. The molecule has 3 amide bonds. The molecule has 2 aromatic carbocycles. The van der Waals surface area contributed by atoms with Crippen molar-refractivity contribution >= 4 is 35.3 Å². The van der Waals surface area contributed by atoms with Crippen molar-refractivity contribution in [3.63, 3.8) is 0 Å². The van der Waals surface area contributed by atoms with Crippen LogP contribution in [0.25, 0.3) is 17.1 Å². The van der Waals surface area contributed by atoms with Crippen molar-refractivity contribution in [2.24, 2.45) is 11.7 Å².